The first-order valence-electron chi connectivity index (χ1n) is 10.3. The highest BCUT2D eigenvalue weighted by Crippen LogP contribution is 2.25. The molecule has 0 aliphatic carbocycles. The van der Waals surface area contributed by atoms with Crippen molar-refractivity contribution in [3.63, 3.8) is 0 Å². The van der Waals surface area contributed by atoms with Gasteiger partial charge in [-0.2, -0.15) is 0 Å². The van der Waals surface area contributed by atoms with Gasteiger partial charge >= 0.3 is 0 Å². The molecule has 0 aliphatic rings. The molecular weight excluding hydrogens is 535 g/mol. The van der Waals surface area contributed by atoms with E-state index in [2.05, 4.69) is 47.0 Å². The molecule has 0 radical (unpaired) electrons. The Balaban J connectivity index is 1.89. The number of carbonyl (C=O) groups is 1. The van der Waals surface area contributed by atoms with E-state index in [1.807, 2.05) is 32.9 Å². The highest BCUT2D eigenvalue weighted by atomic mass is 127. The molecule has 1 atom stereocenters. The third kappa shape index (κ3) is 5.50. The Labute approximate surface area is 204 Å². The van der Waals surface area contributed by atoms with Crippen LogP contribution in [0.4, 0.5) is 5.69 Å². The lowest BCUT2D eigenvalue weighted by Crippen LogP contribution is -2.41. The molecule has 0 heterocycles. The van der Waals surface area contributed by atoms with E-state index < -0.39 is 10.0 Å². The van der Waals surface area contributed by atoms with Crippen molar-refractivity contribution >= 4 is 44.2 Å². The van der Waals surface area contributed by atoms with Crippen LogP contribution < -0.4 is 9.62 Å². The Hall–Kier alpha value is -2.39. The normalized spacial score (nSPS) is 12.3. The minimum atomic E-state index is -3.91. The Morgan fingerprint density at radius 2 is 1.53 bits per heavy atom. The largest absolute Gasteiger partial charge is 0.348 e. The number of anilines is 1. The fourth-order valence-corrected chi connectivity index (χ4v) is 5.39. The number of hydrogen-bond donors (Lipinski definition) is 1. The van der Waals surface area contributed by atoms with Gasteiger partial charge in [0, 0.05) is 3.57 Å². The Morgan fingerprint density at radius 3 is 2.16 bits per heavy atom. The van der Waals surface area contributed by atoms with Crippen LogP contribution >= 0.6 is 22.6 Å². The van der Waals surface area contributed by atoms with Gasteiger partial charge in [0.15, 0.2) is 0 Å². The molecule has 3 aromatic carbocycles. The molecule has 5 nitrogen and oxygen atoms in total. The van der Waals surface area contributed by atoms with Gasteiger partial charge in [-0.05, 0) is 109 Å². The minimum absolute atomic E-state index is 0.143. The molecule has 0 saturated carbocycles. The summed E-state index contributed by atoms with van der Waals surface area (Å²) in [4.78, 5) is 13.1. The number of amides is 1. The number of benzene rings is 3. The van der Waals surface area contributed by atoms with E-state index in [0.29, 0.717) is 5.69 Å². The maximum atomic E-state index is 13.4. The predicted octanol–water partition coefficient (Wildman–Crippen LogP) is 5.29. The molecule has 0 saturated heterocycles. The molecule has 3 aromatic rings. The van der Waals surface area contributed by atoms with Crippen LogP contribution in [-0.2, 0) is 14.8 Å². The molecule has 1 unspecified atom stereocenters. The van der Waals surface area contributed by atoms with E-state index >= 15 is 0 Å². The lowest BCUT2D eigenvalue weighted by molar-refractivity contribution is -0.120. The Bertz CT molecular complexity index is 1210. The molecule has 1 amide bonds. The molecule has 0 spiro atoms. The zero-order valence-electron chi connectivity index (χ0n) is 18.6. The fourth-order valence-electron chi connectivity index (χ4n) is 3.59. The first-order valence-corrected chi connectivity index (χ1v) is 12.8. The van der Waals surface area contributed by atoms with Crippen LogP contribution in [0.5, 0.6) is 0 Å². The zero-order valence-corrected chi connectivity index (χ0v) is 21.6. The average molecular weight is 562 g/mol. The van der Waals surface area contributed by atoms with Gasteiger partial charge in [-0.3, -0.25) is 9.10 Å². The third-order valence-corrected chi connectivity index (χ3v) is 7.97. The predicted molar refractivity (Wildman–Crippen MR) is 137 cm³/mol. The number of carbonyl (C=O) groups excluding carboxylic acids is 1. The van der Waals surface area contributed by atoms with Crippen LogP contribution in [-0.4, -0.2) is 20.9 Å². The summed E-state index contributed by atoms with van der Waals surface area (Å²) >= 11 is 2.16. The molecular formula is C25H27IN2O3S. The first-order chi connectivity index (χ1) is 15.1. The quantitative estimate of drug-likeness (QED) is 0.398. The number of nitrogens with one attached hydrogen (secondary N) is 1. The number of halogens is 1. The van der Waals surface area contributed by atoms with Crippen LogP contribution in [0, 0.1) is 24.3 Å². The van der Waals surface area contributed by atoms with Gasteiger partial charge in [0.2, 0.25) is 5.91 Å². The molecule has 0 aromatic heterocycles. The highest BCUT2D eigenvalue weighted by Gasteiger charge is 2.27. The number of rotatable bonds is 7. The summed E-state index contributed by atoms with van der Waals surface area (Å²) in [6.07, 6.45) is 0. The minimum Gasteiger partial charge on any atom is -0.348 e. The smallest absolute Gasteiger partial charge is 0.264 e. The number of hydrogen-bond acceptors (Lipinski definition) is 3. The van der Waals surface area contributed by atoms with E-state index in [0.717, 1.165) is 24.6 Å². The van der Waals surface area contributed by atoms with Crippen molar-refractivity contribution in [3.8, 4) is 0 Å². The Kier molecular flexibility index (Phi) is 7.61. The number of sulfonamides is 1. The summed E-state index contributed by atoms with van der Waals surface area (Å²) in [5, 5.41) is 2.97. The van der Waals surface area contributed by atoms with Gasteiger partial charge in [-0.25, -0.2) is 8.42 Å². The van der Waals surface area contributed by atoms with Gasteiger partial charge < -0.3 is 5.32 Å². The van der Waals surface area contributed by atoms with Crippen molar-refractivity contribution < 1.29 is 13.2 Å². The van der Waals surface area contributed by atoms with Gasteiger partial charge in [-0.1, -0.05) is 30.3 Å². The van der Waals surface area contributed by atoms with Crippen molar-refractivity contribution in [1.29, 1.82) is 0 Å². The van der Waals surface area contributed by atoms with E-state index in [1.165, 1.54) is 17.7 Å². The van der Waals surface area contributed by atoms with Gasteiger partial charge in [0.05, 0.1) is 16.6 Å². The van der Waals surface area contributed by atoms with Crippen LogP contribution in [0.25, 0.3) is 0 Å². The maximum absolute atomic E-state index is 13.4. The van der Waals surface area contributed by atoms with Gasteiger partial charge in [-0.15, -0.1) is 0 Å². The van der Waals surface area contributed by atoms with Crippen molar-refractivity contribution in [1.82, 2.24) is 5.32 Å². The first kappa shape index (κ1) is 24.3. The van der Waals surface area contributed by atoms with E-state index in [-0.39, 0.29) is 23.4 Å². The zero-order chi connectivity index (χ0) is 23.5. The van der Waals surface area contributed by atoms with Crippen LogP contribution in [0.2, 0.25) is 0 Å². The average Bonchev–Trinajstić information content (AvgIpc) is 2.75. The number of aryl methyl sites for hydroxylation is 3. The van der Waals surface area contributed by atoms with Crippen molar-refractivity contribution in [2.45, 2.75) is 38.6 Å². The standard InChI is InChI=1S/C25H27IN2O3S/c1-17-14-19(3)24(15-18(17)2)20(4)27-25(29)16-28(22-12-10-21(26)11-13-22)32(30,31)23-8-6-5-7-9-23/h5-15,20H,16H2,1-4H3,(H,27,29). The lowest BCUT2D eigenvalue weighted by Gasteiger charge is -2.25. The van der Waals surface area contributed by atoms with E-state index in [1.54, 1.807) is 30.3 Å². The van der Waals surface area contributed by atoms with Crippen molar-refractivity contribution in [3.05, 3.63) is 92.6 Å². The maximum Gasteiger partial charge on any atom is 0.264 e. The lowest BCUT2D eigenvalue weighted by atomic mass is 9.96. The number of nitrogens with zero attached hydrogens (tertiary/aromatic N) is 1. The molecule has 0 aliphatic heterocycles. The van der Waals surface area contributed by atoms with Crippen LogP contribution in [0.15, 0.2) is 71.6 Å². The van der Waals surface area contributed by atoms with E-state index in [9.17, 15) is 13.2 Å². The molecule has 32 heavy (non-hydrogen) atoms. The van der Waals surface area contributed by atoms with Crippen LogP contribution in [0.3, 0.4) is 0 Å². The fraction of sp³-hybridized carbons (Fsp3) is 0.240. The summed E-state index contributed by atoms with van der Waals surface area (Å²) in [5.41, 5.74) is 4.90. The monoisotopic (exact) mass is 562 g/mol. The topological polar surface area (TPSA) is 66.5 Å². The summed E-state index contributed by atoms with van der Waals surface area (Å²) in [7, 11) is -3.91. The summed E-state index contributed by atoms with van der Waals surface area (Å²) < 4.78 is 28.9. The summed E-state index contributed by atoms with van der Waals surface area (Å²) in [6, 6.07) is 19.2. The second-order valence-electron chi connectivity index (χ2n) is 7.88. The SMILES string of the molecule is Cc1cc(C)c(C(C)NC(=O)CN(c2ccc(I)cc2)S(=O)(=O)c2ccccc2)cc1C. The molecule has 1 N–H and O–H groups in total. The van der Waals surface area contributed by atoms with Crippen molar-refractivity contribution in [2.24, 2.45) is 0 Å². The van der Waals surface area contributed by atoms with Gasteiger partial charge in [0.1, 0.15) is 6.54 Å². The second kappa shape index (κ2) is 10.0. The van der Waals surface area contributed by atoms with E-state index in [4.69, 9.17) is 0 Å². The van der Waals surface area contributed by atoms with Crippen molar-refractivity contribution in [2.75, 3.05) is 10.8 Å². The molecule has 0 fully saturated rings. The molecule has 168 valence electrons. The van der Waals surface area contributed by atoms with Crippen LogP contribution in [0.1, 0.15) is 35.2 Å². The second-order valence-corrected chi connectivity index (χ2v) is 11.0. The highest BCUT2D eigenvalue weighted by molar-refractivity contribution is 14.1. The van der Waals surface area contributed by atoms with Gasteiger partial charge in [0.25, 0.3) is 10.0 Å². The summed E-state index contributed by atoms with van der Waals surface area (Å²) in [6.45, 7) is 7.71. The molecule has 0 bridgehead atoms. The molecule has 3 rings (SSSR count). The Morgan fingerprint density at radius 1 is 0.938 bits per heavy atom. The third-order valence-electron chi connectivity index (χ3n) is 5.46. The molecule has 7 heteroatoms. The summed E-state index contributed by atoms with van der Waals surface area (Å²) in [5.74, 6) is -0.367.